The first-order chi connectivity index (χ1) is 13.5. The molecule has 0 atom stereocenters. The fourth-order valence-electron chi connectivity index (χ4n) is 2.57. The highest BCUT2D eigenvalue weighted by Crippen LogP contribution is 2.36. The number of aromatic amines is 1. The van der Waals surface area contributed by atoms with Gasteiger partial charge >= 0.3 is 0 Å². The summed E-state index contributed by atoms with van der Waals surface area (Å²) in [7, 11) is 1.58. The zero-order chi connectivity index (χ0) is 20.1. The summed E-state index contributed by atoms with van der Waals surface area (Å²) in [6, 6.07) is 11.6. The van der Waals surface area contributed by atoms with Crippen LogP contribution in [0.1, 0.15) is 24.5 Å². The predicted octanol–water partition coefficient (Wildman–Crippen LogP) is 5.25. The van der Waals surface area contributed by atoms with Crippen LogP contribution in [0.5, 0.6) is 11.5 Å². The second kappa shape index (κ2) is 9.03. The van der Waals surface area contributed by atoms with Crippen LogP contribution in [0.2, 0.25) is 5.02 Å². The third kappa shape index (κ3) is 4.43. The van der Waals surface area contributed by atoms with Gasteiger partial charge in [0.25, 0.3) is 0 Å². The van der Waals surface area contributed by atoms with Gasteiger partial charge in [-0.05, 0) is 43.3 Å². The minimum atomic E-state index is 0.396. The molecule has 0 aliphatic carbocycles. The molecule has 6 nitrogen and oxygen atoms in total. The molecule has 8 heteroatoms. The molecule has 1 heterocycles. The van der Waals surface area contributed by atoms with Crippen molar-refractivity contribution in [3.8, 4) is 22.9 Å². The Labute approximate surface area is 173 Å². The van der Waals surface area contributed by atoms with Gasteiger partial charge in [0.1, 0.15) is 0 Å². The maximum Gasteiger partial charge on any atom is 0.216 e. The molecule has 3 rings (SSSR count). The molecule has 1 N–H and O–H groups in total. The molecule has 0 aliphatic heterocycles. The first kappa shape index (κ1) is 20.1. The van der Waals surface area contributed by atoms with Crippen LogP contribution in [0, 0.1) is 11.7 Å². The van der Waals surface area contributed by atoms with E-state index in [-0.39, 0.29) is 0 Å². The number of ether oxygens (including phenoxy) is 2. The average Bonchev–Trinajstić information content (AvgIpc) is 3.06. The molecule has 0 saturated carbocycles. The fourth-order valence-corrected chi connectivity index (χ4v) is 3.02. The monoisotopic (exact) mass is 416 g/mol. The van der Waals surface area contributed by atoms with Gasteiger partial charge in [0.05, 0.1) is 25.0 Å². The number of halogens is 1. The van der Waals surface area contributed by atoms with Crippen molar-refractivity contribution in [2.75, 3.05) is 13.7 Å². The van der Waals surface area contributed by atoms with Gasteiger partial charge in [0.2, 0.25) is 4.77 Å². The molecule has 3 aromatic rings. The van der Waals surface area contributed by atoms with Gasteiger partial charge in [0.15, 0.2) is 17.3 Å². The summed E-state index contributed by atoms with van der Waals surface area (Å²) in [5.74, 6) is 1.71. The minimum Gasteiger partial charge on any atom is -0.493 e. The van der Waals surface area contributed by atoms with E-state index in [0.29, 0.717) is 33.7 Å². The largest absolute Gasteiger partial charge is 0.493 e. The molecule has 0 unspecified atom stereocenters. The quantitative estimate of drug-likeness (QED) is 0.422. The topological polar surface area (TPSA) is 64.4 Å². The summed E-state index contributed by atoms with van der Waals surface area (Å²) < 4.78 is 13.1. The highest BCUT2D eigenvalue weighted by atomic mass is 35.5. The lowest BCUT2D eigenvalue weighted by Gasteiger charge is -2.12. The maximum absolute atomic E-state index is 6.37. The molecule has 1 aromatic heterocycles. The molecule has 0 spiro atoms. The van der Waals surface area contributed by atoms with E-state index in [0.717, 1.165) is 17.5 Å². The van der Waals surface area contributed by atoms with E-state index in [1.54, 1.807) is 24.1 Å². The third-order valence-electron chi connectivity index (χ3n) is 3.98. The Morgan fingerprint density at radius 1 is 1.29 bits per heavy atom. The Balaban J connectivity index is 1.94. The number of hydrogen-bond acceptors (Lipinski definition) is 5. The molecule has 0 aliphatic rings. The Morgan fingerprint density at radius 3 is 2.71 bits per heavy atom. The number of aryl methyl sites for hydroxylation is 1. The van der Waals surface area contributed by atoms with Gasteiger partial charge in [0, 0.05) is 5.56 Å². The van der Waals surface area contributed by atoms with Crippen molar-refractivity contribution >= 4 is 30.0 Å². The van der Waals surface area contributed by atoms with Gasteiger partial charge in [-0.25, -0.2) is 5.10 Å². The number of aromatic nitrogens is 3. The summed E-state index contributed by atoms with van der Waals surface area (Å²) in [4.78, 5) is 0. The first-order valence-corrected chi connectivity index (χ1v) is 9.61. The number of methoxy groups -OCH3 is 1. The van der Waals surface area contributed by atoms with E-state index in [1.165, 1.54) is 5.56 Å². The second-order valence-electron chi connectivity index (χ2n) is 6.16. The van der Waals surface area contributed by atoms with E-state index in [1.807, 2.05) is 44.2 Å². The number of nitrogens with zero attached hydrogens (tertiary/aromatic N) is 3. The van der Waals surface area contributed by atoms with E-state index in [4.69, 9.17) is 33.3 Å². The summed E-state index contributed by atoms with van der Waals surface area (Å²) in [5, 5.41) is 12.0. The lowest BCUT2D eigenvalue weighted by atomic mass is 10.1. The SMILES string of the molecule is CCCOc1c(Cl)cc(/C=N\n2c(-c3ccc(C)cc3)n[nH]c2=S)cc1OC. The maximum atomic E-state index is 6.37. The Hall–Kier alpha value is -2.64. The molecule has 2 aromatic carbocycles. The molecule has 146 valence electrons. The van der Waals surface area contributed by atoms with Crippen molar-refractivity contribution in [1.29, 1.82) is 0 Å². The summed E-state index contributed by atoms with van der Waals surface area (Å²) in [6.45, 7) is 4.62. The van der Waals surface area contributed by atoms with Crippen molar-refractivity contribution in [2.45, 2.75) is 20.3 Å². The molecular formula is C20H21ClN4O2S. The van der Waals surface area contributed by atoms with E-state index < -0.39 is 0 Å². The van der Waals surface area contributed by atoms with Crippen LogP contribution in [0.25, 0.3) is 11.4 Å². The zero-order valence-corrected chi connectivity index (χ0v) is 17.5. The lowest BCUT2D eigenvalue weighted by Crippen LogP contribution is -2.00. The summed E-state index contributed by atoms with van der Waals surface area (Å²) >= 11 is 11.7. The van der Waals surface area contributed by atoms with E-state index in [9.17, 15) is 0 Å². The zero-order valence-electron chi connectivity index (χ0n) is 15.9. The van der Waals surface area contributed by atoms with Crippen molar-refractivity contribution in [3.05, 3.63) is 57.3 Å². The van der Waals surface area contributed by atoms with Crippen molar-refractivity contribution in [2.24, 2.45) is 5.10 Å². The first-order valence-electron chi connectivity index (χ1n) is 8.82. The second-order valence-corrected chi connectivity index (χ2v) is 6.95. The van der Waals surface area contributed by atoms with Crippen molar-refractivity contribution in [1.82, 2.24) is 14.9 Å². The van der Waals surface area contributed by atoms with Crippen LogP contribution in [0.15, 0.2) is 41.5 Å². The highest BCUT2D eigenvalue weighted by Gasteiger charge is 2.12. The van der Waals surface area contributed by atoms with Crippen LogP contribution >= 0.6 is 23.8 Å². The fraction of sp³-hybridized carbons (Fsp3) is 0.250. The molecule has 28 heavy (non-hydrogen) atoms. The highest BCUT2D eigenvalue weighted by molar-refractivity contribution is 7.71. The van der Waals surface area contributed by atoms with Crippen LogP contribution < -0.4 is 9.47 Å². The Bertz CT molecular complexity index is 1040. The van der Waals surface area contributed by atoms with Crippen molar-refractivity contribution in [3.63, 3.8) is 0 Å². The van der Waals surface area contributed by atoms with Gasteiger partial charge in [-0.3, -0.25) is 0 Å². The van der Waals surface area contributed by atoms with Crippen LogP contribution in [0.4, 0.5) is 0 Å². The number of hydrogen-bond donors (Lipinski definition) is 1. The molecule has 0 bridgehead atoms. The summed E-state index contributed by atoms with van der Waals surface area (Å²) in [6.07, 6.45) is 2.53. The molecule has 0 saturated heterocycles. The number of benzene rings is 2. The Morgan fingerprint density at radius 2 is 2.04 bits per heavy atom. The number of rotatable bonds is 7. The van der Waals surface area contributed by atoms with Gasteiger partial charge in [-0.1, -0.05) is 48.4 Å². The average molecular weight is 417 g/mol. The number of nitrogens with one attached hydrogen (secondary N) is 1. The molecule has 0 fully saturated rings. The van der Waals surface area contributed by atoms with Crippen LogP contribution in [-0.2, 0) is 0 Å². The van der Waals surface area contributed by atoms with Crippen LogP contribution in [0.3, 0.4) is 0 Å². The summed E-state index contributed by atoms with van der Waals surface area (Å²) in [5.41, 5.74) is 2.83. The van der Waals surface area contributed by atoms with Crippen molar-refractivity contribution < 1.29 is 9.47 Å². The normalized spacial score (nSPS) is 11.1. The standard InChI is InChI=1S/C20H21ClN4O2S/c1-4-9-27-18-16(21)10-14(11-17(18)26-3)12-22-25-19(23-24-20(25)28)15-7-5-13(2)6-8-15/h5-8,10-12H,4,9H2,1-3H3,(H,24,28)/b22-12-. The van der Waals surface area contributed by atoms with Crippen LogP contribution in [-0.4, -0.2) is 34.8 Å². The lowest BCUT2D eigenvalue weighted by molar-refractivity contribution is 0.294. The molecule has 0 radical (unpaired) electrons. The molecular weight excluding hydrogens is 396 g/mol. The minimum absolute atomic E-state index is 0.396. The van der Waals surface area contributed by atoms with Gasteiger partial charge < -0.3 is 9.47 Å². The van der Waals surface area contributed by atoms with Gasteiger partial charge in [-0.15, -0.1) is 0 Å². The smallest absolute Gasteiger partial charge is 0.216 e. The van der Waals surface area contributed by atoms with Gasteiger partial charge in [-0.2, -0.15) is 14.9 Å². The number of H-pyrrole nitrogens is 1. The third-order valence-corrected chi connectivity index (χ3v) is 4.53. The van der Waals surface area contributed by atoms with E-state index >= 15 is 0 Å². The molecule has 0 amide bonds. The Kier molecular flexibility index (Phi) is 6.49. The predicted molar refractivity (Wildman–Crippen MR) is 114 cm³/mol. The van der Waals surface area contributed by atoms with E-state index in [2.05, 4.69) is 15.3 Å².